The Morgan fingerprint density at radius 3 is 2.43 bits per heavy atom. The molecule has 2 aromatic rings. The number of likely N-dealkylation sites (tertiary alicyclic amines) is 1. The van der Waals surface area contributed by atoms with Gasteiger partial charge in [0.25, 0.3) is 0 Å². The third-order valence-electron chi connectivity index (χ3n) is 4.63. The molecule has 0 bridgehead atoms. The maximum absolute atomic E-state index is 13.1. The van der Waals surface area contributed by atoms with Crippen LogP contribution in [-0.4, -0.2) is 28.6 Å². The average molecular weight is 313 g/mol. The van der Waals surface area contributed by atoms with Gasteiger partial charge in [0.15, 0.2) is 0 Å². The summed E-state index contributed by atoms with van der Waals surface area (Å²) in [5.74, 6) is -0.679. The standard InChI is InChI=1S/C19H20FNO2/c1-13-10-17(15-6-8-18(20)9-7-15)12-21(13)11-14-2-4-16(5-3-14)19(22)23/h2-9,13,17H,10-12H2,1H3,(H,22,23)/t13-,17-/m0/s1. The number of carboxylic acids is 1. The van der Waals surface area contributed by atoms with Crippen molar-refractivity contribution in [2.75, 3.05) is 6.54 Å². The van der Waals surface area contributed by atoms with E-state index < -0.39 is 5.97 Å². The molecule has 1 saturated heterocycles. The Morgan fingerprint density at radius 2 is 1.83 bits per heavy atom. The summed E-state index contributed by atoms with van der Waals surface area (Å²) >= 11 is 0. The minimum Gasteiger partial charge on any atom is -0.478 e. The molecule has 3 rings (SSSR count). The number of aromatic carboxylic acids is 1. The van der Waals surface area contributed by atoms with Gasteiger partial charge in [0.2, 0.25) is 0 Å². The first-order chi connectivity index (χ1) is 11.0. The van der Waals surface area contributed by atoms with E-state index in [-0.39, 0.29) is 5.82 Å². The number of benzene rings is 2. The van der Waals surface area contributed by atoms with Gasteiger partial charge < -0.3 is 5.11 Å². The second-order valence-electron chi connectivity index (χ2n) is 6.26. The fourth-order valence-corrected chi connectivity index (χ4v) is 3.28. The lowest BCUT2D eigenvalue weighted by atomic mass is 9.97. The van der Waals surface area contributed by atoms with Crippen molar-refractivity contribution >= 4 is 5.97 Å². The van der Waals surface area contributed by atoms with Crippen LogP contribution >= 0.6 is 0 Å². The number of hydrogen-bond acceptors (Lipinski definition) is 2. The van der Waals surface area contributed by atoms with Crippen molar-refractivity contribution in [1.29, 1.82) is 0 Å². The van der Waals surface area contributed by atoms with Gasteiger partial charge in [0.1, 0.15) is 5.82 Å². The molecule has 1 heterocycles. The van der Waals surface area contributed by atoms with Crippen molar-refractivity contribution in [1.82, 2.24) is 4.90 Å². The molecule has 0 unspecified atom stereocenters. The molecule has 120 valence electrons. The molecule has 1 aliphatic rings. The molecule has 3 nitrogen and oxygen atoms in total. The van der Waals surface area contributed by atoms with Crippen molar-refractivity contribution in [3.05, 3.63) is 71.0 Å². The lowest BCUT2D eigenvalue weighted by molar-refractivity contribution is 0.0697. The van der Waals surface area contributed by atoms with Crippen LogP contribution in [0.1, 0.15) is 40.7 Å². The summed E-state index contributed by atoms with van der Waals surface area (Å²) in [6, 6.07) is 14.3. The highest BCUT2D eigenvalue weighted by molar-refractivity contribution is 5.87. The largest absolute Gasteiger partial charge is 0.478 e. The number of nitrogens with zero attached hydrogens (tertiary/aromatic N) is 1. The number of carboxylic acid groups (broad SMARTS) is 1. The summed E-state index contributed by atoms with van der Waals surface area (Å²) in [4.78, 5) is 13.3. The molecule has 0 saturated carbocycles. The van der Waals surface area contributed by atoms with Gasteiger partial charge in [-0.05, 0) is 54.7 Å². The first-order valence-corrected chi connectivity index (χ1v) is 7.84. The van der Waals surface area contributed by atoms with Crippen molar-refractivity contribution in [2.24, 2.45) is 0 Å². The predicted molar refractivity (Wildman–Crippen MR) is 87.0 cm³/mol. The third kappa shape index (κ3) is 3.59. The van der Waals surface area contributed by atoms with Gasteiger partial charge in [0, 0.05) is 19.1 Å². The minimum atomic E-state index is -0.900. The molecule has 1 aliphatic heterocycles. The summed E-state index contributed by atoms with van der Waals surface area (Å²) in [6.07, 6.45) is 1.05. The highest BCUT2D eigenvalue weighted by Crippen LogP contribution is 2.32. The van der Waals surface area contributed by atoms with Gasteiger partial charge in [-0.15, -0.1) is 0 Å². The Balaban J connectivity index is 1.67. The number of halogens is 1. The summed E-state index contributed by atoms with van der Waals surface area (Å²) in [7, 11) is 0. The van der Waals surface area contributed by atoms with E-state index in [1.165, 1.54) is 17.7 Å². The Hall–Kier alpha value is -2.20. The summed E-state index contributed by atoms with van der Waals surface area (Å²) in [5.41, 5.74) is 2.61. The van der Waals surface area contributed by atoms with Crippen LogP contribution in [0.3, 0.4) is 0 Å². The summed E-state index contributed by atoms with van der Waals surface area (Å²) in [6.45, 7) is 3.95. The van der Waals surface area contributed by atoms with Crippen LogP contribution in [0.5, 0.6) is 0 Å². The zero-order valence-electron chi connectivity index (χ0n) is 13.1. The molecule has 0 amide bonds. The average Bonchev–Trinajstić information content (AvgIpc) is 2.89. The topological polar surface area (TPSA) is 40.5 Å². The molecular formula is C19H20FNO2. The second kappa shape index (κ2) is 6.50. The van der Waals surface area contributed by atoms with Gasteiger partial charge in [-0.1, -0.05) is 24.3 Å². The van der Waals surface area contributed by atoms with E-state index in [4.69, 9.17) is 5.11 Å². The second-order valence-corrected chi connectivity index (χ2v) is 6.26. The van der Waals surface area contributed by atoms with Crippen LogP contribution in [0.25, 0.3) is 0 Å². The van der Waals surface area contributed by atoms with Gasteiger partial charge in [0.05, 0.1) is 5.56 Å². The fraction of sp³-hybridized carbons (Fsp3) is 0.316. The zero-order chi connectivity index (χ0) is 16.4. The smallest absolute Gasteiger partial charge is 0.335 e. The Bertz CT molecular complexity index is 682. The Morgan fingerprint density at radius 1 is 1.17 bits per heavy atom. The number of hydrogen-bond donors (Lipinski definition) is 1. The molecule has 2 aromatic carbocycles. The maximum atomic E-state index is 13.1. The molecule has 0 radical (unpaired) electrons. The van der Waals surface area contributed by atoms with Crippen LogP contribution in [0, 0.1) is 5.82 Å². The van der Waals surface area contributed by atoms with Gasteiger partial charge >= 0.3 is 5.97 Å². The molecule has 4 heteroatoms. The van der Waals surface area contributed by atoms with Gasteiger partial charge in [-0.2, -0.15) is 0 Å². The van der Waals surface area contributed by atoms with Crippen molar-refractivity contribution < 1.29 is 14.3 Å². The normalized spacial score (nSPS) is 21.5. The van der Waals surface area contributed by atoms with E-state index in [0.29, 0.717) is 17.5 Å². The Labute approximate surface area is 135 Å². The van der Waals surface area contributed by atoms with Crippen molar-refractivity contribution in [2.45, 2.75) is 31.8 Å². The monoisotopic (exact) mass is 313 g/mol. The van der Waals surface area contributed by atoms with Crippen LogP contribution in [0.2, 0.25) is 0 Å². The molecular weight excluding hydrogens is 293 g/mol. The zero-order valence-corrected chi connectivity index (χ0v) is 13.1. The van der Waals surface area contributed by atoms with E-state index in [1.54, 1.807) is 12.1 Å². The molecule has 0 aliphatic carbocycles. The van der Waals surface area contributed by atoms with Gasteiger partial charge in [-0.25, -0.2) is 9.18 Å². The van der Waals surface area contributed by atoms with Crippen molar-refractivity contribution in [3.8, 4) is 0 Å². The summed E-state index contributed by atoms with van der Waals surface area (Å²) < 4.78 is 13.1. The highest BCUT2D eigenvalue weighted by Gasteiger charge is 2.29. The number of rotatable bonds is 4. The first kappa shape index (κ1) is 15.7. The van der Waals surface area contributed by atoms with E-state index in [0.717, 1.165) is 25.1 Å². The molecule has 1 N–H and O–H groups in total. The molecule has 0 aromatic heterocycles. The van der Waals surface area contributed by atoms with E-state index in [9.17, 15) is 9.18 Å². The maximum Gasteiger partial charge on any atom is 0.335 e. The predicted octanol–water partition coefficient (Wildman–Crippen LogP) is 3.90. The number of carbonyl (C=O) groups is 1. The molecule has 1 fully saturated rings. The molecule has 0 spiro atoms. The van der Waals surface area contributed by atoms with Crippen molar-refractivity contribution in [3.63, 3.8) is 0 Å². The van der Waals surface area contributed by atoms with E-state index in [1.807, 2.05) is 24.3 Å². The fourth-order valence-electron chi connectivity index (χ4n) is 3.28. The third-order valence-corrected chi connectivity index (χ3v) is 4.63. The lowest BCUT2D eigenvalue weighted by Crippen LogP contribution is -2.26. The van der Waals surface area contributed by atoms with Crippen LogP contribution < -0.4 is 0 Å². The quantitative estimate of drug-likeness (QED) is 0.930. The summed E-state index contributed by atoms with van der Waals surface area (Å²) in [5, 5.41) is 8.95. The van der Waals surface area contributed by atoms with E-state index >= 15 is 0 Å². The minimum absolute atomic E-state index is 0.199. The highest BCUT2D eigenvalue weighted by atomic mass is 19.1. The molecule has 23 heavy (non-hydrogen) atoms. The van der Waals surface area contributed by atoms with E-state index in [2.05, 4.69) is 11.8 Å². The van der Waals surface area contributed by atoms with Crippen LogP contribution in [0.4, 0.5) is 4.39 Å². The van der Waals surface area contributed by atoms with Crippen LogP contribution in [-0.2, 0) is 6.54 Å². The molecule has 2 atom stereocenters. The van der Waals surface area contributed by atoms with Gasteiger partial charge in [-0.3, -0.25) is 4.90 Å². The first-order valence-electron chi connectivity index (χ1n) is 7.84. The van der Waals surface area contributed by atoms with Crippen LogP contribution in [0.15, 0.2) is 48.5 Å². The SMILES string of the molecule is C[C@H]1C[C@H](c2ccc(F)cc2)CN1Cc1ccc(C(=O)O)cc1. The lowest BCUT2D eigenvalue weighted by Gasteiger charge is -2.21. The Kier molecular flexibility index (Phi) is 4.44.